The maximum Gasteiger partial charge on any atom is 0.402 e. The Kier molecular flexibility index (Phi) is 7.20. The summed E-state index contributed by atoms with van der Waals surface area (Å²) >= 11 is 0. The summed E-state index contributed by atoms with van der Waals surface area (Å²) < 4.78 is 44.4. The molecule has 1 fully saturated rings. The number of alkyl halides is 3. The lowest BCUT2D eigenvalue weighted by Crippen LogP contribution is -2.39. The number of hydrogen-bond acceptors (Lipinski definition) is 6. The van der Waals surface area contributed by atoms with Gasteiger partial charge >= 0.3 is 6.18 Å². The zero-order chi connectivity index (χ0) is 23.3. The number of nitrogens with zero attached hydrogens (tertiary/aromatic N) is 4. The van der Waals surface area contributed by atoms with Gasteiger partial charge in [-0.3, -0.25) is 4.99 Å². The number of allylic oxidation sites excluding steroid dienone is 2. The summed E-state index contributed by atoms with van der Waals surface area (Å²) in [6.07, 6.45) is 3.13. The summed E-state index contributed by atoms with van der Waals surface area (Å²) in [5, 5.41) is 10.5. The van der Waals surface area contributed by atoms with E-state index in [1.54, 1.807) is 18.3 Å². The van der Waals surface area contributed by atoms with Gasteiger partial charge in [0.2, 0.25) is 0 Å². The smallest absolute Gasteiger partial charge is 0.402 e. The molecule has 1 aliphatic rings. The van der Waals surface area contributed by atoms with Crippen LogP contribution in [-0.4, -0.2) is 35.6 Å². The molecule has 170 valence electrons. The van der Waals surface area contributed by atoms with Gasteiger partial charge in [-0.2, -0.15) is 18.4 Å². The third-order valence-corrected chi connectivity index (χ3v) is 4.94. The molecule has 0 aromatic carbocycles. The third-order valence-electron chi connectivity index (χ3n) is 4.94. The lowest BCUT2D eigenvalue weighted by Gasteiger charge is -2.12. The molecular formula is C22H25F3N6O. The second kappa shape index (κ2) is 9.87. The van der Waals surface area contributed by atoms with E-state index in [2.05, 4.69) is 33.5 Å². The number of methoxy groups -OCH3 is 1. The first-order valence-electron chi connectivity index (χ1n) is 10.2. The van der Waals surface area contributed by atoms with Crippen LogP contribution >= 0.6 is 0 Å². The summed E-state index contributed by atoms with van der Waals surface area (Å²) in [6, 6.07) is 3.99. The first-order valence-corrected chi connectivity index (χ1v) is 10.2. The molecule has 1 aliphatic carbocycles. The summed E-state index contributed by atoms with van der Waals surface area (Å²) in [4.78, 5) is 8.85. The highest BCUT2D eigenvalue weighted by Crippen LogP contribution is 2.37. The number of nitriles is 1. The predicted molar refractivity (Wildman–Crippen MR) is 117 cm³/mol. The van der Waals surface area contributed by atoms with Crippen molar-refractivity contribution in [2.75, 3.05) is 13.7 Å². The maximum absolute atomic E-state index is 12.4. The molecule has 2 aromatic heterocycles. The molecule has 3 rings (SSSR count). The van der Waals surface area contributed by atoms with E-state index in [9.17, 15) is 18.4 Å². The van der Waals surface area contributed by atoms with Crippen LogP contribution in [-0.2, 0) is 6.54 Å². The van der Waals surface area contributed by atoms with Crippen LogP contribution in [0.4, 0.5) is 13.2 Å². The number of halogens is 3. The molecule has 0 unspecified atom stereocenters. The Bertz CT molecular complexity index is 1090. The minimum atomic E-state index is -4.34. The largest absolute Gasteiger partial charge is 0.495 e. The molecule has 2 heterocycles. The minimum Gasteiger partial charge on any atom is -0.495 e. The van der Waals surface area contributed by atoms with Gasteiger partial charge in [-0.15, -0.1) is 0 Å². The zero-order valence-electron chi connectivity index (χ0n) is 18.0. The molecule has 0 saturated heterocycles. The lowest BCUT2D eigenvalue weighted by molar-refractivity contribution is -0.126. The summed E-state index contributed by atoms with van der Waals surface area (Å²) in [5.74, 6) is 1.03. The number of hydrogen-bond donors (Lipinski definition) is 2. The highest BCUT2D eigenvalue weighted by molar-refractivity contribution is 5.93. The number of fused-ring (bicyclic) bond motifs is 1. The third kappa shape index (κ3) is 5.68. The molecule has 0 atom stereocenters. The van der Waals surface area contributed by atoms with Crippen LogP contribution in [0.25, 0.3) is 16.7 Å². The second-order valence-electron chi connectivity index (χ2n) is 7.50. The Labute approximate surface area is 184 Å². The van der Waals surface area contributed by atoms with E-state index in [0.29, 0.717) is 58.3 Å². The number of pyridine rings is 1. The molecule has 0 spiro atoms. The molecular weight excluding hydrogens is 421 g/mol. The van der Waals surface area contributed by atoms with Crippen LogP contribution in [0.1, 0.15) is 37.4 Å². The van der Waals surface area contributed by atoms with Crippen LogP contribution in [0.2, 0.25) is 0 Å². The number of aromatic nitrogens is 2. The SMILES string of the molecule is C=C(N=C/C(=C\CC)NNCC(F)(F)F)c1c(C#N)c2cc(OC)cnc2n1CC1CC1. The Balaban J connectivity index is 1.93. The monoisotopic (exact) mass is 446 g/mol. The molecule has 0 radical (unpaired) electrons. The van der Waals surface area contributed by atoms with Gasteiger partial charge in [-0.05, 0) is 31.2 Å². The van der Waals surface area contributed by atoms with Crippen molar-refractivity contribution in [3.63, 3.8) is 0 Å². The van der Waals surface area contributed by atoms with Gasteiger partial charge in [0.25, 0.3) is 0 Å². The summed E-state index contributed by atoms with van der Waals surface area (Å²) in [6.45, 7) is 5.38. The summed E-state index contributed by atoms with van der Waals surface area (Å²) in [7, 11) is 1.53. The van der Waals surface area contributed by atoms with Crippen molar-refractivity contribution in [2.45, 2.75) is 38.9 Å². The molecule has 2 aromatic rings. The first-order chi connectivity index (χ1) is 15.3. The van der Waals surface area contributed by atoms with E-state index in [-0.39, 0.29) is 0 Å². The molecule has 7 nitrogen and oxygen atoms in total. The topological polar surface area (TPSA) is 87.3 Å². The first kappa shape index (κ1) is 23.3. The Morgan fingerprint density at radius 3 is 2.81 bits per heavy atom. The van der Waals surface area contributed by atoms with Crippen molar-refractivity contribution in [1.82, 2.24) is 20.4 Å². The quantitative estimate of drug-likeness (QED) is 0.419. The molecule has 1 saturated carbocycles. The van der Waals surface area contributed by atoms with Crippen molar-refractivity contribution >= 4 is 22.9 Å². The normalized spacial score (nSPS) is 14.7. The Morgan fingerprint density at radius 1 is 1.47 bits per heavy atom. The van der Waals surface area contributed by atoms with Crippen molar-refractivity contribution in [2.24, 2.45) is 10.9 Å². The van der Waals surface area contributed by atoms with Gasteiger partial charge in [0.1, 0.15) is 24.0 Å². The van der Waals surface area contributed by atoms with Crippen LogP contribution in [0.5, 0.6) is 5.75 Å². The number of aliphatic imine (C=N–C) groups is 1. The zero-order valence-corrected chi connectivity index (χ0v) is 18.0. The highest BCUT2D eigenvalue weighted by atomic mass is 19.4. The second-order valence-corrected chi connectivity index (χ2v) is 7.50. The molecule has 10 heteroatoms. The van der Waals surface area contributed by atoms with Crippen LogP contribution < -0.4 is 15.6 Å². The van der Waals surface area contributed by atoms with Gasteiger partial charge in [-0.25, -0.2) is 10.4 Å². The number of rotatable bonds is 10. The Hall–Kier alpha value is -3.32. The van der Waals surface area contributed by atoms with Crippen LogP contribution in [0.3, 0.4) is 0 Å². The average molecular weight is 446 g/mol. The van der Waals surface area contributed by atoms with Gasteiger partial charge in [0, 0.05) is 11.9 Å². The van der Waals surface area contributed by atoms with E-state index in [4.69, 9.17) is 4.74 Å². The van der Waals surface area contributed by atoms with Gasteiger partial charge in [-0.1, -0.05) is 19.6 Å². The van der Waals surface area contributed by atoms with E-state index in [0.717, 1.165) is 12.8 Å². The van der Waals surface area contributed by atoms with Gasteiger partial charge < -0.3 is 14.7 Å². The van der Waals surface area contributed by atoms with Crippen molar-refractivity contribution < 1.29 is 17.9 Å². The van der Waals surface area contributed by atoms with Crippen molar-refractivity contribution in [3.8, 4) is 11.8 Å². The number of ether oxygens (including phenoxy) is 1. The minimum absolute atomic E-state index is 0.318. The van der Waals surface area contributed by atoms with Gasteiger partial charge in [0.05, 0.1) is 42.2 Å². The highest BCUT2D eigenvalue weighted by Gasteiger charge is 2.28. The van der Waals surface area contributed by atoms with Gasteiger partial charge in [0.15, 0.2) is 0 Å². The molecule has 0 bridgehead atoms. The molecule has 32 heavy (non-hydrogen) atoms. The standard InChI is InChI=1S/C22H25F3N6O/c1-4-5-16(30-29-13-22(23,24)25)10-27-14(2)20-19(9-26)18-8-17(32-3)11-28-21(18)31(20)12-15-6-7-15/h5,8,10-11,15,29-30H,2,4,6-7,12-13H2,1,3H3/b16-5+,27-10?. The number of hydrazine groups is 1. The van der Waals surface area contributed by atoms with Crippen LogP contribution in [0, 0.1) is 17.2 Å². The summed E-state index contributed by atoms with van der Waals surface area (Å²) in [5.41, 5.74) is 6.90. The fourth-order valence-electron chi connectivity index (χ4n) is 3.28. The Morgan fingerprint density at radius 2 is 2.22 bits per heavy atom. The van der Waals surface area contributed by atoms with E-state index in [1.807, 2.05) is 11.5 Å². The van der Waals surface area contributed by atoms with Crippen molar-refractivity contribution in [3.05, 3.63) is 41.9 Å². The predicted octanol–water partition coefficient (Wildman–Crippen LogP) is 4.32. The van der Waals surface area contributed by atoms with E-state index < -0.39 is 12.7 Å². The van der Waals surface area contributed by atoms with E-state index in [1.165, 1.54) is 13.3 Å². The van der Waals surface area contributed by atoms with E-state index >= 15 is 0 Å². The van der Waals surface area contributed by atoms with Crippen molar-refractivity contribution in [1.29, 1.82) is 5.26 Å². The fraction of sp³-hybridized carbons (Fsp3) is 0.409. The molecule has 2 N–H and O–H groups in total. The average Bonchev–Trinajstić information content (AvgIpc) is 3.51. The fourth-order valence-corrected chi connectivity index (χ4v) is 3.28. The number of nitrogens with one attached hydrogen (secondary N) is 2. The molecule has 0 aliphatic heterocycles. The van der Waals surface area contributed by atoms with Crippen LogP contribution in [0.15, 0.2) is 35.6 Å². The lowest BCUT2D eigenvalue weighted by atomic mass is 10.1. The molecule has 0 amide bonds. The maximum atomic E-state index is 12.4.